The van der Waals surface area contributed by atoms with Crippen LogP contribution in [-0.4, -0.2) is 47.3 Å². The molecule has 0 aromatic carbocycles. The molecule has 0 radical (unpaired) electrons. The Morgan fingerprint density at radius 3 is 3.00 bits per heavy atom. The lowest BCUT2D eigenvalue weighted by atomic mass is 10.1. The van der Waals surface area contributed by atoms with Crippen molar-refractivity contribution in [3.8, 4) is 0 Å². The van der Waals surface area contributed by atoms with Crippen LogP contribution < -0.4 is 0 Å². The van der Waals surface area contributed by atoms with Crippen LogP contribution in [-0.2, 0) is 11.3 Å². The van der Waals surface area contributed by atoms with Crippen molar-refractivity contribution in [1.82, 2.24) is 14.5 Å². The Morgan fingerprint density at radius 2 is 2.22 bits per heavy atom. The third-order valence-corrected chi connectivity index (χ3v) is 4.21. The van der Waals surface area contributed by atoms with E-state index >= 15 is 0 Å². The van der Waals surface area contributed by atoms with E-state index in [1.807, 2.05) is 6.20 Å². The molecule has 1 aromatic heterocycles. The predicted molar refractivity (Wildman–Crippen MR) is 70.7 cm³/mol. The summed E-state index contributed by atoms with van der Waals surface area (Å²) in [4.78, 5) is 6.92. The van der Waals surface area contributed by atoms with E-state index in [1.165, 1.54) is 31.5 Å². The molecular formula is C14H23N3O. The van der Waals surface area contributed by atoms with Crippen LogP contribution in [0, 0.1) is 0 Å². The summed E-state index contributed by atoms with van der Waals surface area (Å²) < 4.78 is 8.17. The van der Waals surface area contributed by atoms with Crippen LogP contribution in [0.2, 0.25) is 0 Å². The van der Waals surface area contributed by atoms with Gasteiger partial charge in [-0.15, -0.1) is 0 Å². The molecule has 0 bridgehead atoms. The molecule has 1 saturated carbocycles. The summed E-state index contributed by atoms with van der Waals surface area (Å²) in [5, 5.41) is 0. The first-order valence-corrected chi connectivity index (χ1v) is 7.14. The standard InChI is InChI=1S/C14H23N3O/c1-16-8-9-18-13(10-16)11-17-7-6-15-14(17)12-4-2-3-5-12/h6-7,12-13H,2-5,8-11H2,1H3. The van der Waals surface area contributed by atoms with Gasteiger partial charge in [0.1, 0.15) is 5.82 Å². The fourth-order valence-corrected chi connectivity index (χ4v) is 3.22. The van der Waals surface area contributed by atoms with Gasteiger partial charge in [0.05, 0.1) is 19.3 Å². The zero-order valence-electron chi connectivity index (χ0n) is 11.2. The third-order valence-electron chi connectivity index (χ3n) is 4.21. The van der Waals surface area contributed by atoms with Crippen LogP contribution in [0.25, 0.3) is 0 Å². The minimum absolute atomic E-state index is 0.318. The zero-order chi connectivity index (χ0) is 12.4. The summed E-state index contributed by atoms with van der Waals surface area (Å²) in [5.74, 6) is 1.96. The zero-order valence-corrected chi connectivity index (χ0v) is 11.2. The Bertz CT molecular complexity index is 384. The molecule has 2 fully saturated rings. The summed E-state index contributed by atoms with van der Waals surface area (Å²) in [6.45, 7) is 3.89. The van der Waals surface area contributed by atoms with Gasteiger partial charge in [-0.25, -0.2) is 4.98 Å². The van der Waals surface area contributed by atoms with Crippen molar-refractivity contribution < 1.29 is 4.74 Å². The second-order valence-corrected chi connectivity index (χ2v) is 5.67. The lowest BCUT2D eigenvalue weighted by Gasteiger charge is -2.30. The van der Waals surface area contributed by atoms with E-state index in [0.717, 1.165) is 26.2 Å². The van der Waals surface area contributed by atoms with E-state index in [0.29, 0.717) is 12.0 Å². The summed E-state index contributed by atoms with van der Waals surface area (Å²) in [6.07, 6.45) is 9.72. The van der Waals surface area contributed by atoms with Gasteiger partial charge < -0.3 is 14.2 Å². The molecule has 1 saturated heterocycles. The lowest BCUT2D eigenvalue weighted by molar-refractivity contribution is -0.0279. The molecule has 1 aliphatic carbocycles. The molecule has 3 rings (SSSR count). The number of morpholine rings is 1. The largest absolute Gasteiger partial charge is 0.374 e. The Hall–Kier alpha value is -0.870. The van der Waals surface area contributed by atoms with Gasteiger partial charge >= 0.3 is 0 Å². The molecule has 1 aliphatic heterocycles. The molecule has 18 heavy (non-hydrogen) atoms. The summed E-state index contributed by atoms with van der Waals surface area (Å²) in [5.41, 5.74) is 0. The maximum Gasteiger partial charge on any atom is 0.111 e. The Morgan fingerprint density at radius 1 is 1.39 bits per heavy atom. The van der Waals surface area contributed by atoms with Crippen molar-refractivity contribution in [2.75, 3.05) is 26.7 Å². The summed E-state index contributed by atoms with van der Waals surface area (Å²) >= 11 is 0. The molecular weight excluding hydrogens is 226 g/mol. The number of imidazole rings is 1. The van der Waals surface area contributed by atoms with Crippen molar-refractivity contribution >= 4 is 0 Å². The van der Waals surface area contributed by atoms with Gasteiger partial charge in [-0.1, -0.05) is 12.8 Å². The first-order valence-electron chi connectivity index (χ1n) is 7.14. The summed E-state index contributed by atoms with van der Waals surface area (Å²) in [7, 11) is 2.17. The second kappa shape index (κ2) is 5.41. The molecule has 0 spiro atoms. The number of hydrogen-bond donors (Lipinski definition) is 0. The maximum atomic E-state index is 5.85. The smallest absolute Gasteiger partial charge is 0.111 e. The van der Waals surface area contributed by atoms with Crippen molar-refractivity contribution in [2.45, 2.75) is 44.2 Å². The highest BCUT2D eigenvalue weighted by molar-refractivity contribution is 5.03. The van der Waals surface area contributed by atoms with Crippen molar-refractivity contribution in [2.24, 2.45) is 0 Å². The lowest BCUT2D eigenvalue weighted by Crippen LogP contribution is -2.42. The first kappa shape index (κ1) is 12.2. The van der Waals surface area contributed by atoms with Crippen LogP contribution in [0.15, 0.2) is 12.4 Å². The molecule has 4 heteroatoms. The van der Waals surface area contributed by atoms with Gasteiger partial charge in [0.2, 0.25) is 0 Å². The number of hydrogen-bond acceptors (Lipinski definition) is 3. The van der Waals surface area contributed by atoms with Crippen LogP contribution in [0.5, 0.6) is 0 Å². The average Bonchev–Trinajstić information content (AvgIpc) is 2.98. The van der Waals surface area contributed by atoms with E-state index in [-0.39, 0.29) is 0 Å². The van der Waals surface area contributed by atoms with Gasteiger partial charge in [-0.05, 0) is 19.9 Å². The molecule has 2 aliphatic rings. The minimum atomic E-state index is 0.318. The van der Waals surface area contributed by atoms with Crippen LogP contribution in [0.1, 0.15) is 37.4 Å². The fraction of sp³-hybridized carbons (Fsp3) is 0.786. The Balaban J connectivity index is 1.66. The Labute approximate surface area is 109 Å². The van der Waals surface area contributed by atoms with Gasteiger partial charge in [-0.2, -0.15) is 0 Å². The molecule has 1 unspecified atom stereocenters. The van der Waals surface area contributed by atoms with E-state index in [4.69, 9.17) is 4.74 Å². The topological polar surface area (TPSA) is 30.3 Å². The van der Waals surface area contributed by atoms with Crippen molar-refractivity contribution in [3.63, 3.8) is 0 Å². The minimum Gasteiger partial charge on any atom is -0.374 e. The maximum absolute atomic E-state index is 5.85. The highest BCUT2D eigenvalue weighted by Gasteiger charge is 2.24. The molecule has 1 atom stereocenters. The molecule has 0 amide bonds. The van der Waals surface area contributed by atoms with E-state index in [2.05, 4.69) is 27.7 Å². The number of aromatic nitrogens is 2. The molecule has 1 aromatic rings. The molecule has 2 heterocycles. The van der Waals surface area contributed by atoms with Gasteiger partial charge in [0.25, 0.3) is 0 Å². The average molecular weight is 249 g/mol. The summed E-state index contributed by atoms with van der Waals surface area (Å²) in [6, 6.07) is 0. The second-order valence-electron chi connectivity index (χ2n) is 5.67. The third kappa shape index (κ3) is 2.59. The number of nitrogens with zero attached hydrogens (tertiary/aromatic N) is 3. The highest BCUT2D eigenvalue weighted by atomic mass is 16.5. The van der Waals surface area contributed by atoms with Crippen molar-refractivity contribution in [1.29, 1.82) is 0 Å². The van der Waals surface area contributed by atoms with E-state index in [9.17, 15) is 0 Å². The molecule has 4 nitrogen and oxygen atoms in total. The highest BCUT2D eigenvalue weighted by Crippen LogP contribution is 2.33. The number of rotatable bonds is 3. The molecule has 0 N–H and O–H groups in total. The molecule has 100 valence electrons. The van der Waals surface area contributed by atoms with E-state index < -0.39 is 0 Å². The van der Waals surface area contributed by atoms with Crippen LogP contribution in [0.4, 0.5) is 0 Å². The first-order chi connectivity index (χ1) is 8.83. The van der Waals surface area contributed by atoms with Crippen molar-refractivity contribution in [3.05, 3.63) is 18.2 Å². The van der Waals surface area contributed by atoms with E-state index in [1.54, 1.807) is 0 Å². The predicted octanol–water partition coefficient (Wildman–Crippen LogP) is 1.87. The van der Waals surface area contributed by atoms with Gasteiger partial charge in [0, 0.05) is 31.4 Å². The normalized spacial score (nSPS) is 26.8. The number of ether oxygens (including phenoxy) is 1. The van der Waals surface area contributed by atoms with Gasteiger partial charge in [0.15, 0.2) is 0 Å². The fourth-order valence-electron chi connectivity index (χ4n) is 3.22. The monoisotopic (exact) mass is 249 g/mol. The number of likely N-dealkylation sites (N-methyl/N-ethyl adjacent to an activating group) is 1. The van der Waals surface area contributed by atoms with Crippen LogP contribution in [0.3, 0.4) is 0 Å². The quantitative estimate of drug-likeness (QED) is 0.819. The van der Waals surface area contributed by atoms with Crippen LogP contribution >= 0.6 is 0 Å². The SMILES string of the molecule is CN1CCOC(Cn2ccnc2C2CCCC2)C1. The Kier molecular flexibility index (Phi) is 3.66. The van der Waals surface area contributed by atoms with Gasteiger partial charge in [-0.3, -0.25) is 0 Å².